The molecule has 0 bridgehead atoms. The van der Waals surface area contributed by atoms with Crippen molar-refractivity contribution in [1.82, 2.24) is 4.90 Å². The first-order valence-corrected chi connectivity index (χ1v) is 5.21. The Morgan fingerprint density at radius 3 is 2.14 bits per heavy atom. The highest BCUT2D eigenvalue weighted by atomic mass is 16.4. The Labute approximate surface area is 86.4 Å². The van der Waals surface area contributed by atoms with E-state index in [1.807, 2.05) is 0 Å². The van der Waals surface area contributed by atoms with Gasteiger partial charge in [-0.25, -0.2) is 4.79 Å². The van der Waals surface area contributed by atoms with Crippen LogP contribution >= 0.6 is 0 Å². The van der Waals surface area contributed by atoms with E-state index in [1.54, 1.807) is 0 Å². The number of hydrogen-bond acceptors (Lipinski definition) is 2. The van der Waals surface area contributed by atoms with Crippen molar-refractivity contribution in [3.63, 3.8) is 0 Å². The van der Waals surface area contributed by atoms with Gasteiger partial charge in [-0.1, -0.05) is 27.4 Å². The summed E-state index contributed by atoms with van der Waals surface area (Å²) in [6, 6.07) is 0.314. The molecule has 0 aromatic heterocycles. The molecule has 0 aliphatic carbocycles. The Kier molecular flexibility index (Phi) is 6.21. The summed E-state index contributed by atoms with van der Waals surface area (Å²) in [6.07, 6.45) is 1.53. The third kappa shape index (κ3) is 3.92. The molecule has 0 aliphatic rings. The fourth-order valence-corrected chi connectivity index (χ4v) is 1.64. The van der Waals surface area contributed by atoms with Crippen molar-refractivity contribution < 1.29 is 9.90 Å². The van der Waals surface area contributed by atoms with E-state index in [0.717, 1.165) is 19.5 Å². The first-order chi connectivity index (χ1) is 6.56. The molecule has 1 unspecified atom stereocenters. The van der Waals surface area contributed by atoms with Gasteiger partial charge in [0.2, 0.25) is 0 Å². The predicted octanol–water partition coefficient (Wildman–Crippen LogP) is 2.14. The average Bonchev–Trinajstić information content (AvgIpc) is 2.17. The first-order valence-electron chi connectivity index (χ1n) is 5.21. The van der Waals surface area contributed by atoms with Crippen molar-refractivity contribution in [3.8, 4) is 0 Å². The maximum absolute atomic E-state index is 10.6. The lowest BCUT2D eigenvalue weighted by molar-refractivity contribution is -0.132. The van der Waals surface area contributed by atoms with Crippen LogP contribution in [0.5, 0.6) is 0 Å². The molecule has 0 fully saturated rings. The summed E-state index contributed by atoms with van der Waals surface area (Å²) in [5.41, 5.74) is 0.309. The second-order valence-corrected chi connectivity index (χ2v) is 3.40. The van der Waals surface area contributed by atoms with Crippen LogP contribution < -0.4 is 0 Å². The highest BCUT2D eigenvalue weighted by Crippen LogP contribution is 2.13. The fourth-order valence-electron chi connectivity index (χ4n) is 1.64. The van der Waals surface area contributed by atoms with Gasteiger partial charge in [-0.15, -0.1) is 0 Å². The summed E-state index contributed by atoms with van der Waals surface area (Å²) < 4.78 is 0. The minimum absolute atomic E-state index is 0.309. The van der Waals surface area contributed by atoms with Crippen molar-refractivity contribution in [1.29, 1.82) is 0 Å². The maximum atomic E-state index is 10.6. The molecule has 1 atom stereocenters. The molecular formula is C11H21NO2. The first kappa shape index (κ1) is 13.2. The highest BCUT2D eigenvalue weighted by molar-refractivity contribution is 5.85. The third-order valence-corrected chi connectivity index (χ3v) is 2.58. The minimum atomic E-state index is -0.879. The second kappa shape index (κ2) is 6.60. The van der Waals surface area contributed by atoms with Gasteiger partial charge in [-0.2, -0.15) is 0 Å². The summed E-state index contributed by atoms with van der Waals surface area (Å²) >= 11 is 0. The number of nitrogens with zero attached hydrogens (tertiary/aromatic N) is 1. The van der Waals surface area contributed by atoms with E-state index < -0.39 is 5.97 Å². The Hall–Kier alpha value is -0.830. The fraction of sp³-hybridized carbons (Fsp3) is 0.727. The normalized spacial score (nSPS) is 12.9. The van der Waals surface area contributed by atoms with Gasteiger partial charge in [-0.3, -0.25) is 0 Å². The molecule has 0 amide bonds. The van der Waals surface area contributed by atoms with E-state index in [0.29, 0.717) is 18.0 Å². The summed E-state index contributed by atoms with van der Waals surface area (Å²) in [4.78, 5) is 12.9. The molecule has 0 saturated heterocycles. The summed E-state index contributed by atoms with van der Waals surface area (Å²) in [5, 5.41) is 8.74. The zero-order valence-electron chi connectivity index (χ0n) is 9.42. The zero-order valence-corrected chi connectivity index (χ0v) is 9.42. The standard InChI is InChI=1S/C11H21NO2/c1-5-10(12(6-2)7-3)8-9(4)11(13)14/h10H,4-8H2,1-3H3,(H,13,14). The van der Waals surface area contributed by atoms with Crippen molar-refractivity contribution >= 4 is 5.97 Å². The highest BCUT2D eigenvalue weighted by Gasteiger charge is 2.17. The van der Waals surface area contributed by atoms with Gasteiger partial charge in [-0.05, 0) is 25.9 Å². The van der Waals surface area contributed by atoms with Crippen LogP contribution in [0.3, 0.4) is 0 Å². The van der Waals surface area contributed by atoms with E-state index in [1.165, 1.54) is 0 Å². The number of carbonyl (C=O) groups is 1. The lowest BCUT2D eigenvalue weighted by Gasteiger charge is -2.28. The van der Waals surface area contributed by atoms with E-state index in [-0.39, 0.29) is 0 Å². The number of rotatable bonds is 7. The van der Waals surface area contributed by atoms with Crippen LogP contribution in [0.2, 0.25) is 0 Å². The number of hydrogen-bond donors (Lipinski definition) is 1. The molecule has 0 aromatic carbocycles. The Bertz CT molecular complexity index is 197. The molecule has 0 saturated carbocycles. The molecule has 0 aromatic rings. The molecule has 3 heteroatoms. The Morgan fingerprint density at radius 2 is 1.86 bits per heavy atom. The molecule has 1 N–H and O–H groups in total. The van der Waals surface area contributed by atoms with Gasteiger partial charge in [0, 0.05) is 11.6 Å². The van der Waals surface area contributed by atoms with Crippen LogP contribution in [0.15, 0.2) is 12.2 Å². The van der Waals surface area contributed by atoms with Crippen LogP contribution in [0.25, 0.3) is 0 Å². The van der Waals surface area contributed by atoms with E-state index in [4.69, 9.17) is 5.11 Å². The van der Waals surface area contributed by atoms with Crippen LogP contribution in [-0.2, 0) is 4.79 Å². The Balaban J connectivity index is 4.27. The van der Waals surface area contributed by atoms with Gasteiger partial charge in [0.25, 0.3) is 0 Å². The summed E-state index contributed by atoms with van der Waals surface area (Å²) in [6.45, 7) is 11.8. The molecule has 0 radical (unpaired) electrons. The van der Waals surface area contributed by atoms with Crippen molar-refractivity contribution in [2.45, 2.75) is 39.7 Å². The zero-order chi connectivity index (χ0) is 11.1. The van der Waals surface area contributed by atoms with Crippen molar-refractivity contribution in [2.75, 3.05) is 13.1 Å². The predicted molar refractivity (Wildman–Crippen MR) is 58.4 cm³/mol. The molecule has 14 heavy (non-hydrogen) atoms. The number of aliphatic carboxylic acids is 1. The maximum Gasteiger partial charge on any atom is 0.331 e. The summed E-state index contributed by atoms with van der Waals surface area (Å²) in [5.74, 6) is -0.879. The third-order valence-electron chi connectivity index (χ3n) is 2.58. The van der Waals surface area contributed by atoms with Crippen LogP contribution in [-0.4, -0.2) is 35.1 Å². The van der Waals surface area contributed by atoms with Crippen LogP contribution in [0.1, 0.15) is 33.6 Å². The average molecular weight is 199 g/mol. The van der Waals surface area contributed by atoms with Crippen molar-refractivity contribution in [2.24, 2.45) is 0 Å². The molecule has 0 rings (SSSR count). The lowest BCUT2D eigenvalue weighted by Crippen LogP contribution is -2.35. The molecular weight excluding hydrogens is 178 g/mol. The minimum Gasteiger partial charge on any atom is -0.478 e. The molecule has 0 aliphatic heterocycles. The van der Waals surface area contributed by atoms with Gasteiger partial charge < -0.3 is 10.0 Å². The summed E-state index contributed by atoms with van der Waals surface area (Å²) in [7, 11) is 0. The molecule has 82 valence electrons. The quantitative estimate of drug-likeness (QED) is 0.639. The van der Waals surface area contributed by atoms with Crippen molar-refractivity contribution in [3.05, 3.63) is 12.2 Å². The van der Waals surface area contributed by atoms with Crippen LogP contribution in [0, 0.1) is 0 Å². The largest absolute Gasteiger partial charge is 0.478 e. The smallest absolute Gasteiger partial charge is 0.331 e. The second-order valence-electron chi connectivity index (χ2n) is 3.40. The molecule has 0 spiro atoms. The number of carboxylic acid groups (broad SMARTS) is 1. The van der Waals surface area contributed by atoms with E-state index >= 15 is 0 Å². The van der Waals surface area contributed by atoms with Gasteiger partial charge in [0.05, 0.1) is 0 Å². The van der Waals surface area contributed by atoms with Gasteiger partial charge >= 0.3 is 5.97 Å². The number of carboxylic acids is 1. The Morgan fingerprint density at radius 1 is 1.36 bits per heavy atom. The topological polar surface area (TPSA) is 40.5 Å². The van der Waals surface area contributed by atoms with Gasteiger partial charge in [0.15, 0.2) is 0 Å². The van der Waals surface area contributed by atoms with E-state index in [9.17, 15) is 4.79 Å². The monoisotopic (exact) mass is 199 g/mol. The van der Waals surface area contributed by atoms with Gasteiger partial charge in [0.1, 0.15) is 0 Å². The molecule has 3 nitrogen and oxygen atoms in total. The lowest BCUT2D eigenvalue weighted by atomic mass is 10.0. The van der Waals surface area contributed by atoms with Crippen LogP contribution in [0.4, 0.5) is 0 Å². The molecule has 0 heterocycles. The SMILES string of the molecule is C=C(CC(CC)N(CC)CC)C(=O)O. The van der Waals surface area contributed by atoms with E-state index in [2.05, 4.69) is 32.3 Å².